The molecule has 120 valence electrons. The predicted molar refractivity (Wildman–Crippen MR) is 96.7 cm³/mol. The highest BCUT2D eigenvalue weighted by molar-refractivity contribution is 5.87. The van der Waals surface area contributed by atoms with E-state index in [4.69, 9.17) is 0 Å². The Kier molecular flexibility index (Phi) is 3.27. The average molecular weight is 317 g/mol. The van der Waals surface area contributed by atoms with Gasteiger partial charge in [-0.1, -0.05) is 35.9 Å². The highest BCUT2D eigenvalue weighted by Gasteiger charge is 2.13. The van der Waals surface area contributed by atoms with Crippen molar-refractivity contribution in [3.8, 4) is 0 Å². The van der Waals surface area contributed by atoms with E-state index in [0.717, 1.165) is 22.3 Å². The fourth-order valence-electron chi connectivity index (χ4n) is 3.29. The molecular weight excluding hydrogens is 298 g/mol. The molecule has 0 fully saturated rings. The Morgan fingerprint density at radius 2 is 1.75 bits per heavy atom. The second kappa shape index (κ2) is 5.34. The number of hydrogen-bond acceptors (Lipinski definition) is 2. The lowest BCUT2D eigenvalue weighted by molar-refractivity contribution is 0.613. The molecule has 0 spiro atoms. The van der Waals surface area contributed by atoms with Crippen LogP contribution in [-0.2, 0) is 6.54 Å². The van der Waals surface area contributed by atoms with E-state index in [1.165, 1.54) is 11.1 Å². The minimum absolute atomic E-state index is 0.0577. The summed E-state index contributed by atoms with van der Waals surface area (Å²) >= 11 is 0. The zero-order chi connectivity index (χ0) is 16.8. The SMILES string of the molecule is Cc1ccc2c(c1)cc1c(=O)n(Cc3ccccc3C)nc(C)n12. The molecule has 0 N–H and O–H groups in total. The smallest absolute Gasteiger partial charge is 0.291 e. The Morgan fingerprint density at radius 1 is 0.958 bits per heavy atom. The third kappa shape index (κ3) is 2.22. The lowest BCUT2D eigenvalue weighted by Crippen LogP contribution is -2.26. The first-order chi connectivity index (χ1) is 11.5. The summed E-state index contributed by atoms with van der Waals surface area (Å²) in [6.45, 7) is 6.55. The van der Waals surface area contributed by atoms with Gasteiger partial charge in [-0.05, 0) is 50.1 Å². The second-order valence-corrected chi connectivity index (χ2v) is 6.36. The van der Waals surface area contributed by atoms with Gasteiger partial charge in [0, 0.05) is 5.39 Å². The van der Waals surface area contributed by atoms with Gasteiger partial charge in [-0.15, -0.1) is 0 Å². The molecule has 4 heteroatoms. The largest absolute Gasteiger partial charge is 0.291 e. The van der Waals surface area contributed by atoms with Crippen LogP contribution in [0.1, 0.15) is 22.5 Å². The van der Waals surface area contributed by atoms with E-state index in [1.807, 2.05) is 35.6 Å². The summed E-state index contributed by atoms with van der Waals surface area (Å²) in [5.41, 5.74) is 5.11. The van der Waals surface area contributed by atoms with Crippen LogP contribution in [0.5, 0.6) is 0 Å². The monoisotopic (exact) mass is 317 g/mol. The maximum atomic E-state index is 12.9. The van der Waals surface area contributed by atoms with Crippen molar-refractivity contribution >= 4 is 16.4 Å². The van der Waals surface area contributed by atoms with Crippen LogP contribution < -0.4 is 5.56 Å². The standard InChI is InChI=1S/C20H19N3O/c1-13-8-9-18-17(10-13)11-19-20(24)22(21-15(3)23(18)19)12-16-7-5-4-6-14(16)2/h4-11H,12H2,1-3H3. The lowest BCUT2D eigenvalue weighted by Gasteiger charge is -2.10. The Morgan fingerprint density at radius 3 is 2.54 bits per heavy atom. The molecule has 0 bridgehead atoms. The number of aryl methyl sites for hydroxylation is 3. The third-order valence-corrected chi connectivity index (χ3v) is 4.58. The van der Waals surface area contributed by atoms with Gasteiger partial charge in [-0.25, -0.2) is 4.68 Å². The first kappa shape index (κ1) is 14.7. The van der Waals surface area contributed by atoms with Gasteiger partial charge >= 0.3 is 0 Å². The van der Waals surface area contributed by atoms with E-state index in [2.05, 4.69) is 43.2 Å². The number of fused-ring (bicyclic) bond motifs is 3. The topological polar surface area (TPSA) is 39.3 Å². The fourth-order valence-corrected chi connectivity index (χ4v) is 3.29. The third-order valence-electron chi connectivity index (χ3n) is 4.58. The van der Waals surface area contributed by atoms with Crippen LogP contribution in [0.15, 0.2) is 53.3 Å². The minimum atomic E-state index is -0.0577. The highest BCUT2D eigenvalue weighted by atomic mass is 16.1. The Labute approximate surface area is 140 Å². The Balaban J connectivity index is 1.96. The molecule has 0 aliphatic heterocycles. The van der Waals surface area contributed by atoms with Crippen LogP contribution in [0.4, 0.5) is 0 Å². The molecule has 0 saturated carbocycles. The molecule has 2 aromatic heterocycles. The van der Waals surface area contributed by atoms with Crippen LogP contribution >= 0.6 is 0 Å². The molecule has 2 heterocycles. The van der Waals surface area contributed by atoms with Gasteiger partial charge in [-0.3, -0.25) is 9.20 Å². The molecule has 0 unspecified atom stereocenters. The van der Waals surface area contributed by atoms with Crippen LogP contribution in [0.25, 0.3) is 16.4 Å². The number of aromatic nitrogens is 3. The van der Waals surface area contributed by atoms with Crippen molar-refractivity contribution in [2.45, 2.75) is 27.3 Å². The average Bonchev–Trinajstić information content (AvgIpc) is 2.93. The maximum absolute atomic E-state index is 12.9. The van der Waals surface area contributed by atoms with Gasteiger partial charge in [0.05, 0.1) is 12.1 Å². The molecule has 0 atom stereocenters. The Bertz CT molecular complexity index is 1130. The number of benzene rings is 2. The van der Waals surface area contributed by atoms with Crippen molar-refractivity contribution < 1.29 is 0 Å². The minimum Gasteiger partial charge on any atom is -0.291 e. The number of rotatable bonds is 2. The summed E-state index contributed by atoms with van der Waals surface area (Å²) in [7, 11) is 0. The van der Waals surface area contributed by atoms with E-state index in [0.29, 0.717) is 12.1 Å². The summed E-state index contributed by atoms with van der Waals surface area (Å²) in [4.78, 5) is 12.9. The van der Waals surface area contributed by atoms with E-state index in [-0.39, 0.29) is 5.56 Å². The molecule has 4 nitrogen and oxygen atoms in total. The molecule has 0 aliphatic carbocycles. The maximum Gasteiger partial charge on any atom is 0.291 e. The van der Waals surface area contributed by atoms with Gasteiger partial charge in [0.15, 0.2) is 0 Å². The molecular formula is C20H19N3O. The predicted octanol–water partition coefficient (Wildman–Crippen LogP) is 3.62. The summed E-state index contributed by atoms with van der Waals surface area (Å²) in [5.74, 6) is 0.817. The van der Waals surface area contributed by atoms with Gasteiger partial charge in [0.1, 0.15) is 11.3 Å². The summed E-state index contributed by atoms with van der Waals surface area (Å²) in [5, 5.41) is 5.62. The first-order valence-corrected chi connectivity index (χ1v) is 8.08. The van der Waals surface area contributed by atoms with Crippen molar-refractivity contribution in [3.63, 3.8) is 0 Å². The quantitative estimate of drug-likeness (QED) is 0.566. The molecule has 0 amide bonds. The zero-order valence-corrected chi connectivity index (χ0v) is 14.1. The highest BCUT2D eigenvalue weighted by Crippen LogP contribution is 2.20. The van der Waals surface area contributed by atoms with E-state index < -0.39 is 0 Å². The van der Waals surface area contributed by atoms with Crippen LogP contribution in [0.3, 0.4) is 0 Å². The van der Waals surface area contributed by atoms with Gasteiger partial charge in [-0.2, -0.15) is 5.10 Å². The molecule has 0 aliphatic rings. The molecule has 0 radical (unpaired) electrons. The van der Waals surface area contributed by atoms with Crippen molar-refractivity contribution in [2.75, 3.05) is 0 Å². The van der Waals surface area contributed by atoms with Crippen LogP contribution in [0.2, 0.25) is 0 Å². The zero-order valence-electron chi connectivity index (χ0n) is 14.1. The summed E-state index contributed by atoms with van der Waals surface area (Å²) < 4.78 is 3.52. The fraction of sp³-hybridized carbons (Fsp3) is 0.200. The molecule has 4 rings (SSSR count). The van der Waals surface area contributed by atoms with Crippen molar-refractivity contribution in [1.29, 1.82) is 0 Å². The van der Waals surface area contributed by atoms with Gasteiger partial charge in [0.2, 0.25) is 0 Å². The Hall–Kier alpha value is -2.88. The summed E-state index contributed by atoms with van der Waals surface area (Å²) in [6.07, 6.45) is 0. The lowest BCUT2D eigenvalue weighted by atomic mass is 10.1. The van der Waals surface area contributed by atoms with Crippen molar-refractivity contribution in [1.82, 2.24) is 14.2 Å². The van der Waals surface area contributed by atoms with E-state index in [9.17, 15) is 4.79 Å². The van der Waals surface area contributed by atoms with Gasteiger partial charge < -0.3 is 0 Å². The molecule has 2 aromatic carbocycles. The number of hydrogen-bond donors (Lipinski definition) is 0. The van der Waals surface area contributed by atoms with Gasteiger partial charge in [0.25, 0.3) is 5.56 Å². The molecule has 0 saturated heterocycles. The molecule has 24 heavy (non-hydrogen) atoms. The van der Waals surface area contributed by atoms with Crippen LogP contribution in [-0.4, -0.2) is 14.2 Å². The van der Waals surface area contributed by atoms with E-state index >= 15 is 0 Å². The van der Waals surface area contributed by atoms with E-state index in [1.54, 1.807) is 4.68 Å². The molecule has 4 aromatic rings. The second-order valence-electron chi connectivity index (χ2n) is 6.36. The first-order valence-electron chi connectivity index (χ1n) is 8.08. The normalized spacial score (nSPS) is 11.5. The van der Waals surface area contributed by atoms with Crippen LogP contribution in [0, 0.1) is 20.8 Å². The number of nitrogens with zero attached hydrogens (tertiary/aromatic N) is 3. The van der Waals surface area contributed by atoms with Crippen molar-refractivity contribution in [2.24, 2.45) is 0 Å². The summed E-state index contributed by atoms with van der Waals surface area (Å²) in [6, 6.07) is 16.3. The van der Waals surface area contributed by atoms with Crippen molar-refractivity contribution in [3.05, 3.63) is 81.4 Å².